The van der Waals surface area contributed by atoms with Crippen LogP contribution in [0.1, 0.15) is 27.2 Å². The second kappa shape index (κ2) is 9.99. The number of hydrazone groups is 1. The van der Waals surface area contributed by atoms with Crippen molar-refractivity contribution in [2.75, 3.05) is 13.7 Å². The normalized spacial score (nSPS) is 11.0. The van der Waals surface area contributed by atoms with Crippen LogP contribution in [-0.4, -0.2) is 36.0 Å². The van der Waals surface area contributed by atoms with E-state index in [0.29, 0.717) is 33.9 Å². The molecule has 1 amide bonds. The summed E-state index contributed by atoms with van der Waals surface area (Å²) in [6, 6.07) is 17.9. The van der Waals surface area contributed by atoms with E-state index in [1.807, 2.05) is 18.2 Å². The van der Waals surface area contributed by atoms with Crippen LogP contribution >= 0.6 is 0 Å². The van der Waals surface area contributed by atoms with Gasteiger partial charge in [-0.25, -0.2) is 9.82 Å². The Morgan fingerprint density at radius 2 is 1.74 bits per heavy atom. The number of fused-ring (bicyclic) bond motifs is 1. The lowest BCUT2D eigenvalue weighted by molar-refractivity contribution is -0.123. The molecule has 0 bridgehead atoms. The van der Waals surface area contributed by atoms with Crippen molar-refractivity contribution in [2.24, 2.45) is 5.10 Å². The van der Waals surface area contributed by atoms with E-state index < -0.39 is 11.7 Å². The zero-order valence-electron chi connectivity index (χ0n) is 18.6. The molecule has 34 heavy (non-hydrogen) atoms. The van der Waals surface area contributed by atoms with E-state index in [-0.39, 0.29) is 12.4 Å². The Morgan fingerprint density at radius 3 is 2.47 bits per heavy atom. The van der Waals surface area contributed by atoms with Crippen molar-refractivity contribution in [1.82, 2.24) is 9.83 Å². The van der Waals surface area contributed by atoms with Gasteiger partial charge in [0, 0.05) is 17.3 Å². The zero-order valence-corrected chi connectivity index (χ0v) is 18.6. The third-order valence-electron chi connectivity index (χ3n) is 5.27. The summed E-state index contributed by atoms with van der Waals surface area (Å²) in [5, 5.41) is 4.05. The molecule has 172 valence electrons. The lowest BCUT2D eigenvalue weighted by Gasteiger charge is -2.09. The molecule has 4 aromatic rings. The predicted molar refractivity (Wildman–Crippen MR) is 126 cm³/mol. The van der Waals surface area contributed by atoms with Crippen molar-refractivity contribution >= 4 is 23.4 Å². The first-order valence-corrected chi connectivity index (χ1v) is 10.5. The third-order valence-corrected chi connectivity index (χ3v) is 5.27. The number of aromatic nitrogens is 1. The van der Waals surface area contributed by atoms with E-state index in [0.717, 1.165) is 5.52 Å². The van der Waals surface area contributed by atoms with Crippen LogP contribution in [0.3, 0.4) is 0 Å². The van der Waals surface area contributed by atoms with Crippen LogP contribution in [-0.2, 0) is 4.79 Å². The van der Waals surface area contributed by atoms with E-state index >= 15 is 0 Å². The topological polar surface area (TPSA) is 81.4 Å². The molecule has 0 spiro atoms. The largest absolute Gasteiger partial charge is 0.493 e. The maximum absolute atomic E-state index is 13.3. The summed E-state index contributed by atoms with van der Waals surface area (Å²) in [6.45, 7) is 1.55. The van der Waals surface area contributed by atoms with Crippen LogP contribution in [0.15, 0.2) is 78.0 Å². The SMILES string of the molecule is COc1ccccc1OCC(=O)N/N=C\c1c(C)c(C(=O)c2ccc(F)cc2)n2ccccc12. The van der Waals surface area contributed by atoms with Gasteiger partial charge in [-0.3, -0.25) is 9.59 Å². The number of hydrogen-bond donors (Lipinski definition) is 1. The fourth-order valence-electron chi connectivity index (χ4n) is 3.62. The average Bonchev–Trinajstić information content (AvgIpc) is 3.14. The third kappa shape index (κ3) is 4.66. The van der Waals surface area contributed by atoms with Gasteiger partial charge in [0.2, 0.25) is 5.78 Å². The molecule has 8 heteroatoms. The number of ketones is 1. The van der Waals surface area contributed by atoms with E-state index in [1.54, 1.807) is 41.8 Å². The van der Waals surface area contributed by atoms with E-state index in [4.69, 9.17) is 9.47 Å². The molecule has 0 aliphatic carbocycles. The monoisotopic (exact) mass is 459 g/mol. The lowest BCUT2D eigenvalue weighted by atomic mass is 10.0. The van der Waals surface area contributed by atoms with Crippen LogP contribution in [0.25, 0.3) is 5.52 Å². The van der Waals surface area contributed by atoms with Crippen molar-refractivity contribution in [2.45, 2.75) is 6.92 Å². The number of methoxy groups -OCH3 is 1. The molecule has 2 aromatic heterocycles. The van der Waals surface area contributed by atoms with Gasteiger partial charge in [-0.1, -0.05) is 18.2 Å². The van der Waals surface area contributed by atoms with E-state index in [2.05, 4.69) is 10.5 Å². The Kier molecular flexibility index (Phi) is 6.68. The second-order valence-corrected chi connectivity index (χ2v) is 7.41. The number of carbonyl (C=O) groups excluding carboxylic acids is 2. The van der Waals surface area contributed by atoms with Gasteiger partial charge in [0.25, 0.3) is 5.91 Å². The van der Waals surface area contributed by atoms with Gasteiger partial charge < -0.3 is 13.9 Å². The van der Waals surface area contributed by atoms with Crippen molar-refractivity contribution in [1.29, 1.82) is 0 Å². The molecule has 2 aromatic carbocycles. The minimum atomic E-state index is -0.453. The lowest BCUT2D eigenvalue weighted by Crippen LogP contribution is -2.24. The minimum Gasteiger partial charge on any atom is -0.493 e. The number of carbonyl (C=O) groups is 2. The number of amides is 1. The fraction of sp³-hybridized carbons (Fsp3) is 0.115. The maximum Gasteiger partial charge on any atom is 0.277 e. The minimum absolute atomic E-state index is 0.243. The highest BCUT2D eigenvalue weighted by molar-refractivity contribution is 6.12. The van der Waals surface area contributed by atoms with Gasteiger partial charge in [0.1, 0.15) is 5.82 Å². The van der Waals surface area contributed by atoms with E-state index in [9.17, 15) is 14.0 Å². The molecule has 7 nitrogen and oxygen atoms in total. The Balaban J connectivity index is 1.53. The van der Waals surface area contributed by atoms with Crippen molar-refractivity contribution < 1.29 is 23.5 Å². The van der Waals surface area contributed by atoms with Gasteiger partial charge in [-0.05, 0) is 61.0 Å². The first-order valence-electron chi connectivity index (χ1n) is 10.5. The molecular formula is C26H22FN3O4. The number of nitrogens with one attached hydrogen (secondary N) is 1. The van der Waals surface area contributed by atoms with Gasteiger partial charge in [-0.2, -0.15) is 5.10 Å². The zero-order chi connectivity index (χ0) is 24.1. The molecule has 0 saturated carbocycles. The molecule has 0 fully saturated rings. The molecule has 0 radical (unpaired) electrons. The Morgan fingerprint density at radius 1 is 1.03 bits per heavy atom. The quantitative estimate of drug-likeness (QED) is 0.244. The Bertz CT molecular complexity index is 1380. The van der Waals surface area contributed by atoms with Gasteiger partial charge in [-0.15, -0.1) is 0 Å². The summed E-state index contributed by atoms with van der Waals surface area (Å²) in [7, 11) is 1.52. The number of nitrogens with zero attached hydrogens (tertiary/aromatic N) is 2. The van der Waals surface area contributed by atoms with Gasteiger partial charge in [0.15, 0.2) is 18.1 Å². The summed E-state index contributed by atoms with van der Waals surface area (Å²) in [6.07, 6.45) is 3.27. The molecule has 4 rings (SSSR count). The molecule has 2 heterocycles. The smallest absolute Gasteiger partial charge is 0.277 e. The molecule has 0 unspecified atom stereocenters. The van der Waals surface area contributed by atoms with Crippen LogP contribution in [0.5, 0.6) is 11.5 Å². The highest BCUT2D eigenvalue weighted by Crippen LogP contribution is 2.26. The summed E-state index contributed by atoms with van der Waals surface area (Å²) in [4.78, 5) is 25.4. The van der Waals surface area contributed by atoms with Crippen molar-refractivity contribution in [3.05, 3.63) is 101 Å². The number of halogens is 1. The fourth-order valence-corrected chi connectivity index (χ4v) is 3.62. The number of para-hydroxylation sites is 2. The Labute approximate surface area is 195 Å². The summed E-state index contributed by atoms with van der Waals surface area (Å²) < 4.78 is 25.7. The van der Waals surface area contributed by atoms with Crippen LogP contribution < -0.4 is 14.9 Å². The number of hydrogen-bond acceptors (Lipinski definition) is 5. The molecule has 0 saturated heterocycles. The number of ether oxygens (including phenoxy) is 2. The first kappa shape index (κ1) is 22.7. The number of rotatable bonds is 8. The molecule has 0 aliphatic rings. The van der Waals surface area contributed by atoms with Crippen molar-refractivity contribution in [3.8, 4) is 11.5 Å². The van der Waals surface area contributed by atoms with Crippen molar-refractivity contribution in [3.63, 3.8) is 0 Å². The predicted octanol–water partition coefficient (Wildman–Crippen LogP) is 4.16. The average molecular weight is 459 g/mol. The highest BCUT2D eigenvalue weighted by atomic mass is 19.1. The maximum atomic E-state index is 13.3. The molecule has 0 aliphatic heterocycles. The Hall–Kier alpha value is -4.46. The standard InChI is InChI=1S/C26H22FN3O4/c1-17-20(15-28-29-24(31)16-34-23-9-4-3-8-22(23)33-2)21-7-5-6-14-30(21)25(17)26(32)18-10-12-19(27)13-11-18/h3-15H,16H2,1-2H3,(H,29,31)/b28-15-. The van der Waals surface area contributed by atoms with Gasteiger partial charge in [0.05, 0.1) is 24.5 Å². The van der Waals surface area contributed by atoms with Gasteiger partial charge >= 0.3 is 0 Å². The summed E-state index contributed by atoms with van der Waals surface area (Å²) in [5.74, 6) is -0.138. The van der Waals surface area contributed by atoms with Crippen LogP contribution in [0, 0.1) is 12.7 Å². The summed E-state index contributed by atoms with van der Waals surface area (Å²) in [5.41, 5.74) is 5.35. The second-order valence-electron chi connectivity index (χ2n) is 7.41. The van der Waals surface area contributed by atoms with Crippen LogP contribution in [0.2, 0.25) is 0 Å². The molecule has 1 N–H and O–H groups in total. The molecular weight excluding hydrogens is 437 g/mol. The molecule has 0 atom stereocenters. The summed E-state index contributed by atoms with van der Waals surface area (Å²) >= 11 is 0. The number of pyridine rings is 1. The van der Waals surface area contributed by atoms with E-state index in [1.165, 1.54) is 37.6 Å². The number of benzene rings is 2. The van der Waals surface area contributed by atoms with Crippen LogP contribution in [0.4, 0.5) is 4.39 Å². The highest BCUT2D eigenvalue weighted by Gasteiger charge is 2.21. The first-order chi connectivity index (χ1) is 16.5.